The average Bonchev–Trinajstić information content (AvgIpc) is 3.66. The van der Waals surface area contributed by atoms with E-state index in [1.807, 2.05) is 60.7 Å². The minimum atomic E-state index is 0.664. The molecule has 7 aromatic carbocycles. The van der Waals surface area contributed by atoms with Crippen LogP contribution in [-0.4, -0.2) is 19.5 Å². The van der Waals surface area contributed by atoms with Gasteiger partial charge in [0.05, 0.1) is 11.0 Å². The molecule has 9 aromatic rings. The van der Waals surface area contributed by atoms with E-state index in [0.29, 0.717) is 17.5 Å². The molecule has 0 radical (unpaired) electrons. The van der Waals surface area contributed by atoms with E-state index >= 15 is 0 Å². The molecule has 0 fully saturated rings. The zero-order chi connectivity index (χ0) is 30.9. The van der Waals surface area contributed by atoms with Crippen molar-refractivity contribution in [3.05, 3.63) is 158 Å². The van der Waals surface area contributed by atoms with Crippen LogP contribution in [-0.2, 0) is 0 Å². The maximum Gasteiger partial charge on any atom is 0.164 e. The maximum atomic E-state index is 5.06. The molecule has 0 N–H and O–H groups in total. The lowest BCUT2D eigenvalue weighted by Crippen LogP contribution is -2.00. The Morgan fingerprint density at radius 3 is 1.51 bits per heavy atom. The van der Waals surface area contributed by atoms with E-state index in [1.165, 1.54) is 49.4 Å². The van der Waals surface area contributed by atoms with Gasteiger partial charge in [0, 0.05) is 33.2 Å². The highest BCUT2D eigenvalue weighted by Crippen LogP contribution is 2.50. The molecule has 10 rings (SSSR count). The number of fused-ring (bicyclic) bond motifs is 6. The summed E-state index contributed by atoms with van der Waals surface area (Å²) in [4.78, 5) is 15.0. The van der Waals surface area contributed by atoms with Crippen molar-refractivity contribution >= 4 is 32.6 Å². The lowest BCUT2D eigenvalue weighted by molar-refractivity contribution is 1.08. The highest BCUT2D eigenvalue weighted by atomic mass is 15.0. The largest absolute Gasteiger partial charge is 0.309 e. The molecule has 4 nitrogen and oxygen atoms in total. The van der Waals surface area contributed by atoms with E-state index in [-0.39, 0.29) is 0 Å². The van der Waals surface area contributed by atoms with Gasteiger partial charge in [-0.25, -0.2) is 15.0 Å². The molecule has 0 unspecified atom stereocenters. The second-order valence-corrected chi connectivity index (χ2v) is 12.0. The van der Waals surface area contributed by atoms with Crippen LogP contribution < -0.4 is 0 Å². The number of hydrogen-bond donors (Lipinski definition) is 0. The Labute approximate surface area is 271 Å². The molecular formula is C43H26N4. The van der Waals surface area contributed by atoms with Crippen molar-refractivity contribution in [3.63, 3.8) is 0 Å². The molecule has 0 saturated heterocycles. The van der Waals surface area contributed by atoms with E-state index in [4.69, 9.17) is 15.0 Å². The second-order valence-electron chi connectivity index (χ2n) is 12.0. The van der Waals surface area contributed by atoms with Gasteiger partial charge >= 0.3 is 0 Å². The summed E-state index contributed by atoms with van der Waals surface area (Å²) in [7, 11) is 0. The molecule has 0 atom stereocenters. The number of rotatable bonds is 4. The third kappa shape index (κ3) is 3.92. The summed E-state index contributed by atoms with van der Waals surface area (Å²) in [5.74, 6) is 2.00. The zero-order valence-corrected chi connectivity index (χ0v) is 25.3. The summed E-state index contributed by atoms with van der Waals surface area (Å²) in [6, 6.07) is 55.5. The number of aromatic nitrogens is 4. The molecule has 4 heteroatoms. The molecule has 0 spiro atoms. The van der Waals surface area contributed by atoms with Gasteiger partial charge in [-0.05, 0) is 63.4 Å². The van der Waals surface area contributed by atoms with Crippen LogP contribution in [0.3, 0.4) is 0 Å². The van der Waals surface area contributed by atoms with Crippen LogP contribution in [0.25, 0.3) is 94.7 Å². The number of para-hydroxylation sites is 2. The summed E-state index contributed by atoms with van der Waals surface area (Å²) < 4.78 is 2.39. The molecule has 1 aliphatic carbocycles. The molecule has 0 bridgehead atoms. The van der Waals surface area contributed by atoms with Gasteiger partial charge < -0.3 is 4.57 Å². The zero-order valence-electron chi connectivity index (χ0n) is 25.3. The van der Waals surface area contributed by atoms with E-state index in [0.717, 1.165) is 27.8 Å². The molecule has 0 saturated carbocycles. The molecule has 0 amide bonds. The summed E-state index contributed by atoms with van der Waals surface area (Å²) in [5.41, 5.74) is 11.5. The Morgan fingerprint density at radius 2 is 0.851 bits per heavy atom. The first-order valence-electron chi connectivity index (χ1n) is 15.9. The minimum Gasteiger partial charge on any atom is -0.309 e. The Balaban J connectivity index is 1.17. The first-order chi connectivity index (χ1) is 23.3. The molecule has 0 aliphatic heterocycles. The highest BCUT2D eigenvalue weighted by Gasteiger charge is 2.25. The van der Waals surface area contributed by atoms with Crippen LogP contribution in [0.15, 0.2) is 158 Å². The van der Waals surface area contributed by atoms with E-state index in [9.17, 15) is 0 Å². The van der Waals surface area contributed by atoms with Gasteiger partial charge in [-0.1, -0.05) is 127 Å². The molecular weight excluding hydrogens is 573 g/mol. The van der Waals surface area contributed by atoms with Crippen LogP contribution in [0.2, 0.25) is 0 Å². The average molecular weight is 599 g/mol. The van der Waals surface area contributed by atoms with E-state index in [1.54, 1.807) is 0 Å². The Kier molecular flexibility index (Phi) is 5.54. The SMILES string of the molecule is c1ccc(-c2nc(-c3ccccc3)nc(-c3ccc4c5c(cccc35)-c3cc(-n5c6ccccc6c6ccccc65)ccc3-4)n2)cc1. The molecule has 47 heavy (non-hydrogen) atoms. The van der Waals surface area contributed by atoms with Crippen molar-refractivity contribution in [3.8, 4) is 62.1 Å². The van der Waals surface area contributed by atoms with Gasteiger partial charge in [0.2, 0.25) is 0 Å². The van der Waals surface area contributed by atoms with Gasteiger partial charge in [-0.15, -0.1) is 0 Å². The highest BCUT2D eigenvalue weighted by molar-refractivity contribution is 6.19. The van der Waals surface area contributed by atoms with Crippen molar-refractivity contribution < 1.29 is 0 Å². The van der Waals surface area contributed by atoms with Crippen LogP contribution in [0, 0.1) is 0 Å². The third-order valence-electron chi connectivity index (χ3n) is 9.40. The standard InChI is InChI=1S/C43H26N4/c1-3-12-27(13-4-1)41-44-42(28-14-5-2-6-15-28)46-43(45-41)36-25-24-35-30-23-22-29(26-37(30)34-19-11-18-33(36)40(34)35)47-38-20-9-7-16-31(38)32-17-8-10-21-39(32)47/h1-26H. The fourth-order valence-corrected chi connectivity index (χ4v) is 7.31. The van der Waals surface area contributed by atoms with Crippen molar-refractivity contribution in [2.24, 2.45) is 0 Å². The smallest absolute Gasteiger partial charge is 0.164 e. The van der Waals surface area contributed by atoms with Crippen LogP contribution in [0.5, 0.6) is 0 Å². The van der Waals surface area contributed by atoms with Gasteiger partial charge in [0.25, 0.3) is 0 Å². The van der Waals surface area contributed by atoms with Crippen LogP contribution >= 0.6 is 0 Å². The number of hydrogen-bond acceptors (Lipinski definition) is 3. The predicted molar refractivity (Wildman–Crippen MR) is 192 cm³/mol. The maximum absolute atomic E-state index is 5.06. The summed E-state index contributed by atoms with van der Waals surface area (Å²) in [6.07, 6.45) is 0. The minimum absolute atomic E-state index is 0.664. The molecule has 2 aromatic heterocycles. The first-order valence-corrected chi connectivity index (χ1v) is 15.9. The number of nitrogens with zero attached hydrogens (tertiary/aromatic N) is 4. The van der Waals surface area contributed by atoms with Gasteiger partial charge in [-0.3, -0.25) is 0 Å². The Morgan fingerprint density at radius 1 is 0.340 bits per heavy atom. The second kappa shape index (κ2) is 10.1. The summed E-state index contributed by atoms with van der Waals surface area (Å²) in [6.45, 7) is 0. The fourth-order valence-electron chi connectivity index (χ4n) is 7.31. The first kappa shape index (κ1) is 25.9. The van der Waals surface area contributed by atoms with Gasteiger partial charge in [0.1, 0.15) is 0 Å². The Bertz CT molecular complexity index is 2560. The third-order valence-corrected chi connectivity index (χ3v) is 9.40. The molecule has 1 aliphatic rings. The number of benzene rings is 7. The van der Waals surface area contributed by atoms with Gasteiger partial charge in [-0.2, -0.15) is 0 Å². The lowest BCUT2D eigenvalue weighted by Gasteiger charge is -2.11. The molecule has 2 heterocycles. The summed E-state index contributed by atoms with van der Waals surface area (Å²) in [5, 5.41) is 4.91. The van der Waals surface area contributed by atoms with E-state index < -0.39 is 0 Å². The van der Waals surface area contributed by atoms with Crippen molar-refractivity contribution in [1.82, 2.24) is 19.5 Å². The van der Waals surface area contributed by atoms with Crippen molar-refractivity contribution in [1.29, 1.82) is 0 Å². The fraction of sp³-hybridized carbons (Fsp3) is 0. The normalized spacial score (nSPS) is 11.8. The lowest BCUT2D eigenvalue weighted by atomic mass is 9.98. The Hall–Kier alpha value is -6.39. The van der Waals surface area contributed by atoms with Gasteiger partial charge in [0.15, 0.2) is 17.5 Å². The van der Waals surface area contributed by atoms with Crippen molar-refractivity contribution in [2.75, 3.05) is 0 Å². The summed E-state index contributed by atoms with van der Waals surface area (Å²) >= 11 is 0. The molecule has 218 valence electrons. The monoisotopic (exact) mass is 598 g/mol. The van der Waals surface area contributed by atoms with Crippen molar-refractivity contribution in [2.45, 2.75) is 0 Å². The predicted octanol–water partition coefficient (Wildman–Crippen LogP) is 10.8. The topological polar surface area (TPSA) is 43.6 Å². The quantitative estimate of drug-likeness (QED) is 0.202. The van der Waals surface area contributed by atoms with Crippen LogP contribution in [0.1, 0.15) is 0 Å². The van der Waals surface area contributed by atoms with E-state index in [2.05, 4.69) is 102 Å². The van der Waals surface area contributed by atoms with Crippen LogP contribution in [0.4, 0.5) is 0 Å².